The number of hydrogen-bond acceptors (Lipinski definition) is 9. The molecule has 6 nitrogen and oxygen atoms in total. The average molecular weight is 980 g/mol. The Morgan fingerprint density at radius 3 is 1.32 bits per heavy atom. The van der Waals surface area contributed by atoms with Gasteiger partial charge in [0, 0.05) is 46.4 Å². The van der Waals surface area contributed by atoms with Crippen molar-refractivity contribution < 1.29 is 18.4 Å². The molecule has 5 aromatic heterocycles. The van der Waals surface area contributed by atoms with Gasteiger partial charge in [-0.05, 0) is 128 Å². The summed E-state index contributed by atoms with van der Waals surface area (Å²) >= 11 is 5.23. The highest BCUT2D eigenvalue weighted by Gasteiger charge is 2.09. The van der Waals surface area contributed by atoms with Crippen LogP contribution in [0.4, 0.5) is 8.78 Å². The molecule has 380 valence electrons. The SMILES string of the molecule is C.CC.CC.CC.CC.CC.CC.CC.CC#CC.CC(=O)c1nc(C)ccc1F.CCSc1ccc(C)nc1C(C)=O.CSC.Cc1ccc(F)cn1.Cc1ccc2sc(C)c(C)c2n1. The minimum Gasteiger partial charge on any atom is -0.293 e. The second kappa shape index (κ2) is 61.0. The molecule has 0 aliphatic rings. The number of halogens is 2. The van der Waals surface area contributed by atoms with Crippen LogP contribution >= 0.6 is 34.9 Å². The van der Waals surface area contributed by atoms with Gasteiger partial charge in [0.25, 0.3) is 0 Å². The monoisotopic (exact) mass is 979 g/mol. The van der Waals surface area contributed by atoms with Crippen molar-refractivity contribution >= 4 is 56.6 Å². The number of aromatic nitrogens is 4. The van der Waals surface area contributed by atoms with E-state index < -0.39 is 5.82 Å². The number of carbonyl (C=O) groups excluding carboxylic acids is 2. The maximum atomic E-state index is 12.7. The number of fused-ring (bicyclic) bond motifs is 1. The zero-order valence-electron chi connectivity index (χ0n) is 46.0. The minimum atomic E-state index is -0.553. The van der Waals surface area contributed by atoms with Crippen molar-refractivity contribution in [3.05, 3.63) is 111 Å². The first-order chi connectivity index (χ1) is 31.1. The molecule has 0 amide bonds. The van der Waals surface area contributed by atoms with Crippen molar-refractivity contribution in [2.45, 2.75) is 185 Å². The molecule has 0 aromatic carbocycles. The zero-order valence-corrected chi connectivity index (χ0v) is 48.4. The molecule has 5 aromatic rings. The Morgan fingerprint density at radius 2 is 0.970 bits per heavy atom. The van der Waals surface area contributed by atoms with Gasteiger partial charge in [-0.1, -0.05) is 111 Å². The van der Waals surface area contributed by atoms with E-state index in [1.807, 2.05) is 168 Å². The zero-order chi connectivity index (χ0) is 53.1. The fourth-order valence-electron chi connectivity index (χ4n) is 3.61. The summed E-state index contributed by atoms with van der Waals surface area (Å²) in [5.41, 5.74) is 6.52. The van der Waals surface area contributed by atoms with E-state index in [-0.39, 0.29) is 30.5 Å². The maximum Gasteiger partial charge on any atom is 0.181 e. The molecule has 66 heavy (non-hydrogen) atoms. The lowest BCUT2D eigenvalue weighted by Crippen LogP contribution is -2.01. The molecule has 0 aliphatic heterocycles. The molecule has 0 spiro atoms. The van der Waals surface area contributed by atoms with Crippen molar-refractivity contribution in [1.29, 1.82) is 0 Å². The Morgan fingerprint density at radius 1 is 0.591 bits per heavy atom. The number of rotatable bonds is 4. The van der Waals surface area contributed by atoms with Crippen molar-refractivity contribution in [3.63, 3.8) is 0 Å². The van der Waals surface area contributed by atoms with Gasteiger partial charge in [-0.25, -0.2) is 18.7 Å². The highest BCUT2D eigenvalue weighted by molar-refractivity contribution is 7.99. The van der Waals surface area contributed by atoms with Crippen LogP contribution in [0, 0.1) is 65.0 Å². The fraction of sp³-hybridized carbons (Fsp3) is 0.527. The van der Waals surface area contributed by atoms with Gasteiger partial charge in [0.15, 0.2) is 17.4 Å². The van der Waals surface area contributed by atoms with Crippen molar-refractivity contribution in [3.8, 4) is 11.8 Å². The highest BCUT2D eigenvalue weighted by Crippen LogP contribution is 2.28. The average Bonchev–Trinajstić information content (AvgIpc) is 3.62. The topological polar surface area (TPSA) is 85.7 Å². The summed E-state index contributed by atoms with van der Waals surface area (Å²) in [5, 5.41) is 0. The molecule has 0 saturated carbocycles. The van der Waals surface area contributed by atoms with E-state index >= 15 is 0 Å². The largest absolute Gasteiger partial charge is 0.293 e. The number of aryl methyl sites for hydroxylation is 6. The van der Waals surface area contributed by atoms with Crippen molar-refractivity contribution in [2.75, 3.05) is 18.3 Å². The molecule has 0 N–H and O–H groups in total. The minimum absolute atomic E-state index is 0. The standard InChI is InChI=1S/C10H13NOS.C10H11NS.C8H8FNO.C6H6FN.C4H6.C2H6S.7C2H6.CH4/c1-4-13-9-6-5-7(2)11-10(9)8(3)12;1-6-4-5-9-10(11-6)7(2)8(3)12-9;1-5-3-4-7(9)8(10-5)6(2)11;1-5-2-3-6(7)4-8-5;1-3-4-2;1-3-2;7*1-2;/h5-6H,4H2,1-3H3;4-5H,1-3H3;3-4H,1-2H3;2-4H,1H3;1-2H3;1-2H3;7*1-2H3;1H4. The number of pyridine rings is 4. The third-order valence-electron chi connectivity index (χ3n) is 6.22. The van der Waals surface area contributed by atoms with Gasteiger partial charge in [0.2, 0.25) is 0 Å². The molecule has 0 radical (unpaired) electrons. The van der Waals surface area contributed by atoms with Crippen LogP contribution in [0.5, 0.6) is 0 Å². The molecule has 11 heteroatoms. The van der Waals surface area contributed by atoms with Crippen LogP contribution < -0.4 is 0 Å². The quantitative estimate of drug-likeness (QED) is 0.100. The van der Waals surface area contributed by atoms with Crippen LogP contribution in [0.1, 0.15) is 193 Å². The summed E-state index contributed by atoms with van der Waals surface area (Å²) in [7, 11) is 0. The first-order valence-electron chi connectivity index (χ1n) is 23.0. The summed E-state index contributed by atoms with van der Waals surface area (Å²) in [6, 6.07) is 13.9. The lowest BCUT2D eigenvalue weighted by Gasteiger charge is -2.04. The summed E-state index contributed by atoms with van der Waals surface area (Å²) in [5.74, 6) is 5.19. The van der Waals surface area contributed by atoms with Gasteiger partial charge < -0.3 is 0 Å². The van der Waals surface area contributed by atoms with Crippen LogP contribution in [0.25, 0.3) is 10.2 Å². The van der Waals surface area contributed by atoms with E-state index in [9.17, 15) is 18.4 Å². The molecular formula is C55H96F2N4O2S3. The Balaban J connectivity index is -0.0000000825. The van der Waals surface area contributed by atoms with E-state index in [1.165, 1.54) is 52.0 Å². The van der Waals surface area contributed by atoms with Crippen LogP contribution in [-0.2, 0) is 0 Å². The number of thioether (sulfide) groups is 2. The number of hydrogen-bond donors (Lipinski definition) is 0. The molecule has 5 rings (SSSR count). The van der Waals surface area contributed by atoms with Crippen LogP contribution in [-0.4, -0.2) is 49.8 Å². The second-order valence-corrected chi connectivity index (χ2v) is 14.1. The van der Waals surface area contributed by atoms with Gasteiger partial charge in [-0.2, -0.15) is 11.8 Å². The van der Waals surface area contributed by atoms with E-state index in [0.29, 0.717) is 11.4 Å². The summed E-state index contributed by atoms with van der Waals surface area (Å²) in [6.45, 7) is 48.3. The first-order valence-corrected chi connectivity index (χ1v) is 26.4. The van der Waals surface area contributed by atoms with Gasteiger partial charge in [-0.15, -0.1) is 34.9 Å². The third-order valence-corrected chi connectivity index (χ3v) is 8.31. The lowest BCUT2D eigenvalue weighted by atomic mass is 10.2. The maximum absolute atomic E-state index is 12.7. The normalized spacial score (nSPS) is 7.83. The Labute approximate surface area is 419 Å². The molecule has 0 atom stereocenters. The van der Waals surface area contributed by atoms with Crippen molar-refractivity contribution in [2.24, 2.45) is 0 Å². The molecule has 5 heterocycles. The Hall–Kier alpha value is -3.98. The first kappa shape index (κ1) is 82.1. The van der Waals surface area contributed by atoms with E-state index in [0.717, 1.165) is 27.7 Å². The number of thiophene rings is 1. The van der Waals surface area contributed by atoms with Gasteiger partial charge in [-0.3, -0.25) is 19.6 Å². The highest BCUT2D eigenvalue weighted by atomic mass is 32.2. The Bertz CT molecular complexity index is 1860. The molecule has 0 unspecified atom stereocenters. The lowest BCUT2D eigenvalue weighted by molar-refractivity contribution is 0.0996. The summed E-state index contributed by atoms with van der Waals surface area (Å²) in [6.07, 6.45) is 5.29. The predicted octanol–water partition coefficient (Wildman–Crippen LogP) is 19.0. The molecule has 0 bridgehead atoms. The Kier molecular flexibility index (Phi) is 75.9. The van der Waals surface area contributed by atoms with Crippen LogP contribution in [0.3, 0.4) is 0 Å². The van der Waals surface area contributed by atoms with E-state index in [1.54, 1.807) is 43.4 Å². The second-order valence-electron chi connectivity index (χ2n) is 10.7. The molecule has 0 saturated heterocycles. The number of Topliss-reactive ketones (excluding diaryl/α,β-unsaturated/α-hetero) is 2. The van der Waals surface area contributed by atoms with Gasteiger partial charge >= 0.3 is 0 Å². The summed E-state index contributed by atoms with van der Waals surface area (Å²) in [4.78, 5) is 40.5. The molecule has 0 fully saturated rings. The fourth-order valence-corrected chi connectivity index (χ4v) is 5.42. The van der Waals surface area contributed by atoms with E-state index in [2.05, 4.69) is 64.7 Å². The van der Waals surface area contributed by atoms with Gasteiger partial charge in [0.05, 0.1) is 16.4 Å². The molecular weight excluding hydrogens is 883 g/mol. The number of ketones is 2. The smallest absolute Gasteiger partial charge is 0.181 e. The van der Waals surface area contributed by atoms with Gasteiger partial charge in [0.1, 0.15) is 17.2 Å². The van der Waals surface area contributed by atoms with E-state index in [4.69, 9.17) is 0 Å². The van der Waals surface area contributed by atoms with Crippen LogP contribution in [0.15, 0.2) is 59.6 Å². The van der Waals surface area contributed by atoms with Crippen LogP contribution in [0.2, 0.25) is 0 Å². The number of carbonyl (C=O) groups is 2. The third kappa shape index (κ3) is 43.9. The predicted molar refractivity (Wildman–Crippen MR) is 302 cm³/mol. The van der Waals surface area contributed by atoms with Crippen molar-refractivity contribution in [1.82, 2.24) is 19.9 Å². The summed E-state index contributed by atoms with van der Waals surface area (Å²) < 4.78 is 26.1. The molecule has 0 aliphatic carbocycles. The number of nitrogens with zero attached hydrogens (tertiary/aromatic N) is 4.